The Kier molecular flexibility index (Phi) is 6.07. The van der Waals surface area contributed by atoms with Crippen LogP contribution in [-0.2, 0) is 11.3 Å². The number of aromatic nitrogens is 4. The summed E-state index contributed by atoms with van der Waals surface area (Å²) in [5.41, 5.74) is 1.22. The van der Waals surface area contributed by atoms with Crippen LogP contribution in [-0.4, -0.2) is 71.1 Å². The summed E-state index contributed by atoms with van der Waals surface area (Å²) in [6.45, 7) is 7.76. The summed E-state index contributed by atoms with van der Waals surface area (Å²) in [4.78, 5) is 4.93. The molecule has 0 N–H and O–H groups in total. The second kappa shape index (κ2) is 8.87. The fourth-order valence-electron chi connectivity index (χ4n) is 4.26. The Morgan fingerprint density at radius 1 is 1.25 bits per heavy atom. The third kappa shape index (κ3) is 4.12. The number of nitrogens with zero attached hydrogens (tertiary/aromatic N) is 6. The van der Waals surface area contributed by atoms with E-state index in [0.29, 0.717) is 0 Å². The standard InChI is InChI=1S/C20H30N6O2/c1-3-19(20-21-22-23-26(20)15-18-8-5-13-28-18)25-11-9-24(10-12-25)16-6-4-7-17(14-16)27-2/h4,6-7,14,18-19H,3,5,8-13,15H2,1-2H3/t18-,19-/m1/s1. The molecule has 1 aromatic heterocycles. The smallest absolute Gasteiger partial charge is 0.168 e. The Bertz CT molecular complexity index is 753. The highest BCUT2D eigenvalue weighted by molar-refractivity contribution is 5.51. The molecule has 2 aliphatic rings. The number of rotatable bonds is 7. The molecule has 1 aromatic carbocycles. The van der Waals surface area contributed by atoms with Gasteiger partial charge in [-0.2, -0.15) is 0 Å². The summed E-state index contributed by atoms with van der Waals surface area (Å²) in [6, 6.07) is 8.53. The van der Waals surface area contributed by atoms with E-state index in [0.717, 1.165) is 70.2 Å². The molecule has 0 radical (unpaired) electrons. The lowest BCUT2D eigenvalue weighted by molar-refractivity contribution is 0.0894. The van der Waals surface area contributed by atoms with Crippen molar-refractivity contribution in [3.8, 4) is 5.75 Å². The molecule has 3 heterocycles. The number of benzene rings is 1. The van der Waals surface area contributed by atoms with E-state index in [2.05, 4.69) is 50.4 Å². The molecule has 4 rings (SSSR count). The van der Waals surface area contributed by atoms with Gasteiger partial charge in [0.2, 0.25) is 0 Å². The zero-order valence-electron chi connectivity index (χ0n) is 16.8. The Balaban J connectivity index is 1.41. The third-order valence-corrected chi connectivity index (χ3v) is 5.82. The molecule has 0 bridgehead atoms. The Hall–Kier alpha value is -2.19. The molecule has 0 unspecified atom stereocenters. The minimum atomic E-state index is 0.240. The Morgan fingerprint density at radius 2 is 2.11 bits per heavy atom. The molecule has 152 valence electrons. The SMILES string of the molecule is CC[C@H](c1nnnn1C[C@H]1CCCO1)N1CCN(c2cccc(OC)c2)CC1. The number of piperazine rings is 1. The molecular formula is C20H30N6O2. The van der Waals surface area contributed by atoms with Gasteiger partial charge < -0.3 is 14.4 Å². The first-order valence-electron chi connectivity index (χ1n) is 10.3. The number of methoxy groups -OCH3 is 1. The minimum Gasteiger partial charge on any atom is -0.497 e. The van der Waals surface area contributed by atoms with E-state index in [4.69, 9.17) is 9.47 Å². The van der Waals surface area contributed by atoms with Gasteiger partial charge in [-0.1, -0.05) is 13.0 Å². The fraction of sp³-hybridized carbons (Fsp3) is 0.650. The molecule has 28 heavy (non-hydrogen) atoms. The molecule has 2 aliphatic heterocycles. The van der Waals surface area contributed by atoms with Crippen LogP contribution in [0.15, 0.2) is 24.3 Å². The maximum atomic E-state index is 5.78. The predicted molar refractivity (Wildman–Crippen MR) is 107 cm³/mol. The number of anilines is 1. The third-order valence-electron chi connectivity index (χ3n) is 5.82. The lowest BCUT2D eigenvalue weighted by atomic mass is 10.1. The molecule has 8 nitrogen and oxygen atoms in total. The second-order valence-electron chi connectivity index (χ2n) is 7.50. The molecule has 0 saturated carbocycles. The zero-order valence-corrected chi connectivity index (χ0v) is 16.8. The maximum Gasteiger partial charge on any atom is 0.168 e. The van der Waals surface area contributed by atoms with Crippen LogP contribution in [0, 0.1) is 0 Å². The molecule has 2 fully saturated rings. The monoisotopic (exact) mass is 386 g/mol. The summed E-state index contributed by atoms with van der Waals surface area (Å²) < 4.78 is 13.1. The molecule has 2 aromatic rings. The van der Waals surface area contributed by atoms with Crippen LogP contribution >= 0.6 is 0 Å². The van der Waals surface area contributed by atoms with Crippen LogP contribution in [0.2, 0.25) is 0 Å². The molecule has 8 heteroatoms. The van der Waals surface area contributed by atoms with Gasteiger partial charge in [0.1, 0.15) is 5.75 Å². The quantitative estimate of drug-likeness (QED) is 0.722. The van der Waals surface area contributed by atoms with Crippen molar-refractivity contribution < 1.29 is 9.47 Å². The van der Waals surface area contributed by atoms with E-state index in [1.54, 1.807) is 7.11 Å². The van der Waals surface area contributed by atoms with Gasteiger partial charge in [0.05, 0.1) is 25.8 Å². The van der Waals surface area contributed by atoms with Crippen molar-refractivity contribution in [2.75, 3.05) is 44.8 Å². The zero-order chi connectivity index (χ0) is 19.3. The summed E-state index contributed by atoms with van der Waals surface area (Å²) in [6.07, 6.45) is 3.45. The van der Waals surface area contributed by atoms with Crippen LogP contribution < -0.4 is 9.64 Å². The van der Waals surface area contributed by atoms with Crippen molar-refractivity contribution in [3.05, 3.63) is 30.1 Å². The van der Waals surface area contributed by atoms with E-state index in [1.165, 1.54) is 5.69 Å². The van der Waals surface area contributed by atoms with Gasteiger partial charge in [0.15, 0.2) is 5.82 Å². The first kappa shape index (κ1) is 19.1. The fourth-order valence-corrected chi connectivity index (χ4v) is 4.26. The van der Waals surface area contributed by atoms with Crippen LogP contribution in [0.3, 0.4) is 0 Å². The molecular weight excluding hydrogens is 356 g/mol. The summed E-state index contributed by atoms with van der Waals surface area (Å²) >= 11 is 0. The number of ether oxygens (including phenoxy) is 2. The Labute approximate surface area is 166 Å². The van der Waals surface area contributed by atoms with Crippen molar-refractivity contribution >= 4 is 5.69 Å². The van der Waals surface area contributed by atoms with Crippen molar-refractivity contribution in [3.63, 3.8) is 0 Å². The lowest BCUT2D eigenvalue weighted by Gasteiger charge is -2.39. The van der Waals surface area contributed by atoms with Crippen LogP contribution in [0.25, 0.3) is 0 Å². The topological polar surface area (TPSA) is 68.5 Å². The molecule has 0 amide bonds. The summed E-state index contributed by atoms with van der Waals surface area (Å²) in [5.74, 6) is 1.87. The highest BCUT2D eigenvalue weighted by atomic mass is 16.5. The van der Waals surface area contributed by atoms with E-state index < -0.39 is 0 Å². The first-order chi connectivity index (χ1) is 13.8. The van der Waals surface area contributed by atoms with Crippen LogP contribution in [0.4, 0.5) is 5.69 Å². The maximum absolute atomic E-state index is 5.78. The average molecular weight is 387 g/mol. The Morgan fingerprint density at radius 3 is 2.82 bits per heavy atom. The van der Waals surface area contributed by atoms with Crippen LogP contribution in [0.1, 0.15) is 38.1 Å². The number of hydrogen-bond donors (Lipinski definition) is 0. The van der Waals surface area contributed by atoms with Gasteiger partial charge >= 0.3 is 0 Å². The predicted octanol–water partition coefficient (Wildman–Crippen LogP) is 2.13. The van der Waals surface area contributed by atoms with E-state index in [9.17, 15) is 0 Å². The van der Waals surface area contributed by atoms with Crippen LogP contribution in [0.5, 0.6) is 5.75 Å². The molecule has 2 atom stereocenters. The van der Waals surface area contributed by atoms with E-state index >= 15 is 0 Å². The first-order valence-corrected chi connectivity index (χ1v) is 10.3. The lowest BCUT2D eigenvalue weighted by Crippen LogP contribution is -2.48. The van der Waals surface area contributed by atoms with Crippen molar-refractivity contribution in [2.45, 2.75) is 44.9 Å². The molecule has 0 aliphatic carbocycles. The van der Waals surface area contributed by atoms with Crippen molar-refractivity contribution in [1.82, 2.24) is 25.1 Å². The highest BCUT2D eigenvalue weighted by Gasteiger charge is 2.29. The van der Waals surface area contributed by atoms with Gasteiger partial charge in [0.25, 0.3) is 0 Å². The summed E-state index contributed by atoms with van der Waals surface area (Å²) in [5, 5.41) is 12.6. The van der Waals surface area contributed by atoms with Gasteiger partial charge in [-0.05, 0) is 41.8 Å². The highest BCUT2D eigenvalue weighted by Crippen LogP contribution is 2.27. The summed E-state index contributed by atoms with van der Waals surface area (Å²) in [7, 11) is 1.71. The largest absolute Gasteiger partial charge is 0.497 e. The van der Waals surface area contributed by atoms with Gasteiger partial charge in [-0.25, -0.2) is 4.68 Å². The van der Waals surface area contributed by atoms with Crippen molar-refractivity contribution in [1.29, 1.82) is 0 Å². The average Bonchev–Trinajstić information content (AvgIpc) is 3.42. The normalized spacial score (nSPS) is 21.8. The van der Waals surface area contributed by atoms with Gasteiger partial charge in [-0.3, -0.25) is 4.90 Å². The van der Waals surface area contributed by atoms with E-state index in [1.807, 2.05) is 10.7 Å². The number of tetrazole rings is 1. The molecule has 2 saturated heterocycles. The van der Waals surface area contributed by atoms with Gasteiger partial charge in [0, 0.05) is 44.5 Å². The van der Waals surface area contributed by atoms with Gasteiger partial charge in [-0.15, -0.1) is 5.10 Å². The molecule has 0 spiro atoms. The minimum absolute atomic E-state index is 0.240. The van der Waals surface area contributed by atoms with E-state index in [-0.39, 0.29) is 12.1 Å². The number of hydrogen-bond acceptors (Lipinski definition) is 7. The second-order valence-corrected chi connectivity index (χ2v) is 7.50. The van der Waals surface area contributed by atoms with Crippen molar-refractivity contribution in [2.24, 2.45) is 0 Å².